The minimum Gasteiger partial charge on any atom is -0.494 e. The molecular weight excluding hydrogens is 324 g/mol. The number of hydrogen-bond donors (Lipinski definition) is 2. The van der Waals surface area contributed by atoms with Crippen molar-refractivity contribution in [3.05, 3.63) is 29.8 Å². The maximum atomic E-state index is 6.07. The van der Waals surface area contributed by atoms with Gasteiger partial charge in [-0.2, -0.15) is 0 Å². The van der Waals surface area contributed by atoms with Crippen LogP contribution in [0.2, 0.25) is 0 Å². The number of ether oxygens (including phenoxy) is 2. The summed E-state index contributed by atoms with van der Waals surface area (Å²) in [6.45, 7) is 18.0. The molecule has 0 spiro atoms. The molecule has 1 aromatic rings. The molecule has 0 unspecified atom stereocenters. The fourth-order valence-corrected chi connectivity index (χ4v) is 2.27. The predicted molar refractivity (Wildman–Crippen MR) is 113 cm³/mol. The molecule has 1 rings (SSSR count). The summed E-state index contributed by atoms with van der Waals surface area (Å²) in [6.07, 6.45) is 2.00. The van der Waals surface area contributed by atoms with Crippen molar-refractivity contribution in [2.45, 2.75) is 79.0 Å². The van der Waals surface area contributed by atoms with Crippen LogP contribution < -0.4 is 15.4 Å². The molecule has 0 aromatic heterocycles. The number of hydrogen-bond acceptors (Lipinski definition) is 4. The van der Waals surface area contributed by atoms with Crippen LogP contribution in [0.15, 0.2) is 24.3 Å². The molecule has 4 heteroatoms. The first-order valence-electron chi connectivity index (χ1n) is 10.0. The molecule has 4 nitrogen and oxygen atoms in total. The molecule has 0 saturated heterocycles. The molecule has 0 saturated carbocycles. The minimum atomic E-state index is -0.102. The average Bonchev–Trinajstić information content (AvgIpc) is 2.62. The smallest absolute Gasteiger partial charge is 0.119 e. The Labute approximate surface area is 162 Å². The lowest BCUT2D eigenvalue weighted by molar-refractivity contribution is -0.0300. The number of nitrogens with one attached hydrogen (secondary N) is 2. The zero-order valence-electron chi connectivity index (χ0n) is 18.4. The van der Waals surface area contributed by atoms with Crippen LogP contribution in [0.4, 0.5) is 0 Å². The Balaban J connectivity index is 0.00000301. The first-order valence-corrected chi connectivity index (χ1v) is 10.0. The maximum absolute atomic E-state index is 6.07. The lowest BCUT2D eigenvalue weighted by Crippen LogP contribution is -2.39. The van der Waals surface area contributed by atoms with Crippen LogP contribution in [0, 0.1) is 0 Å². The first kappa shape index (κ1) is 24.9. The van der Waals surface area contributed by atoms with Crippen molar-refractivity contribution in [3.8, 4) is 5.75 Å². The Morgan fingerprint density at radius 2 is 1.58 bits per heavy atom. The second-order valence-corrected chi connectivity index (χ2v) is 7.50. The summed E-state index contributed by atoms with van der Waals surface area (Å²) in [5, 5.41) is 6.80. The third-order valence-electron chi connectivity index (χ3n) is 4.36. The fraction of sp³-hybridized carbons (Fsp3) is 0.727. The van der Waals surface area contributed by atoms with Gasteiger partial charge in [-0.25, -0.2) is 0 Å². The van der Waals surface area contributed by atoms with Gasteiger partial charge in [-0.05, 0) is 78.7 Å². The first-order chi connectivity index (χ1) is 12.3. The summed E-state index contributed by atoms with van der Waals surface area (Å²) in [7, 11) is 2.00. The Morgan fingerprint density at radius 3 is 2.12 bits per heavy atom. The zero-order chi connectivity index (χ0) is 20.1. The van der Waals surface area contributed by atoms with Crippen molar-refractivity contribution in [1.29, 1.82) is 0 Å². The normalized spacial score (nSPS) is 11.7. The van der Waals surface area contributed by atoms with Crippen LogP contribution in [0.3, 0.4) is 0 Å². The highest BCUT2D eigenvalue weighted by Gasteiger charge is 2.20. The average molecular weight is 367 g/mol. The number of rotatable bonds is 12. The summed E-state index contributed by atoms with van der Waals surface area (Å²) in [6, 6.07) is 8.27. The zero-order valence-corrected chi connectivity index (χ0v) is 18.4. The van der Waals surface area contributed by atoms with E-state index < -0.39 is 0 Å². The van der Waals surface area contributed by atoms with E-state index in [1.54, 1.807) is 0 Å². The van der Waals surface area contributed by atoms with E-state index in [1.165, 1.54) is 5.56 Å². The second kappa shape index (κ2) is 13.1. The summed E-state index contributed by atoms with van der Waals surface area (Å²) in [5.74, 6) is 0.931. The quantitative estimate of drug-likeness (QED) is 0.523. The maximum Gasteiger partial charge on any atom is 0.119 e. The van der Waals surface area contributed by atoms with E-state index in [-0.39, 0.29) is 11.1 Å². The molecule has 152 valence electrons. The van der Waals surface area contributed by atoms with E-state index in [9.17, 15) is 0 Å². The lowest BCUT2D eigenvalue weighted by Gasteiger charge is -2.29. The summed E-state index contributed by atoms with van der Waals surface area (Å²) >= 11 is 0. The molecule has 0 aliphatic heterocycles. The van der Waals surface area contributed by atoms with Gasteiger partial charge in [-0.3, -0.25) is 0 Å². The van der Waals surface area contributed by atoms with Crippen LogP contribution in [0.25, 0.3) is 0 Å². The highest BCUT2D eigenvalue weighted by molar-refractivity contribution is 5.27. The van der Waals surface area contributed by atoms with Gasteiger partial charge in [0.1, 0.15) is 5.75 Å². The molecule has 26 heavy (non-hydrogen) atoms. The molecule has 0 aliphatic rings. The van der Waals surface area contributed by atoms with Crippen molar-refractivity contribution >= 4 is 0 Å². The van der Waals surface area contributed by atoms with Crippen molar-refractivity contribution in [2.24, 2.45) is 0 Å². The second-order valence-electron chi connectivity index (χ2n) is 7.50. The third-order valence-corrected chi connectivity index (χ3v) is 4.36. The highest BCUT2D eigenvalue weighted by atomic mass is 16.5. The van der Waals surface area contributed by atoms with Gasteiger partial charge in [0.15, 0.2) is 0 Å². The van der Waals surface area contributed by atoms with Gasteiger partial charge in [-0.1, -0.05) is 26.0 Å². The summed E-state index contributed by atoms with van der Waals surface area (Å²) in [4.78, 5) is 0. The van der Waals surface area contributed by atoms with Crippen LogP contribution in [-0.2, 0) is 11.3 Å². The van der Waals surface area contributed by atoms with Crippen LogP contribution in [0.1, 0.15) is 66.9 Å². The molecule has 0 radical (unpaired) electrons. The lowest BCUT2D eigenvalue weighted by atomic mass is 10.0. The summed E-state index contributed by atoms with van der Waals surface area (Å²) < 4.78 is 11.5. The van der Waals surface area contributed by atoms with Crippen LogP contribution >= 0.6 is 0 Å². The van der Waals surface area contributed by atoms with E-state index in [2.05, 4.69) is 50.5 Å². The van der Waals surface area contributed by atoms with Crippen molar-refractivity contribution < 1.29 is 9.47 Å². The predicted octanol–water partition coefficient (Wildman–Crippen LogP) is 4.77. The molecular formula is C22H42N2O2. The van der Waals surface area contributed by atoms with Crippen LogP contribution in [-0.4, -0.2) is 37.9 Å². The van der Waals surface area contributed by atoms with Gasteiger partial charge in [0, 0.05) is 18.7 Å². The topological polar surface area (TPSA) is 42.5 Å². The van der Waals surface area contributed by atoms with E-state index >= 15 is 0 Å². The molecule has 0 amide bonds. The van der Waals surface area contributed by atoms with Gasteiger partial charge >= 0.3 is 0 Å². The molecule has 1 aromatic carbocycles. The van der Waals surface area contributed by atoms with E-state index in [1.807, 2.05) is 40.0 Å². The Hall–Kier alpha value is -1.10. The van der Waals surface area contributed by atoms with Crippen LogP contribution in [0.5, 0.6) is 5.75 Å². The standard InChI is InChI=1S/C20H36N2O2.C2H6/c1-7-23-18-10-8-17(9-11-18)16-22-14-12-20(4,5)24-15-13-19(2,3)21-6;1-2/h8-11,21-22H,7,12-16H2,1-6H3;1-2H3. The van der Waals surface area contributed by atoms with E-state index in [4.69, 9.17) is 9.47 Å². The molecule has 0 aliphatic carbocycles. The minimum absolute atomic E-state index is 0.102. The molecule has 0 atom stereocenters. The van der Waals surface area contributed by atoms with Crippen molar-refractivity contribution in [2.75, 3.05) is 26.8 Å². The SMILES string of the molecule is CC.CCOc1ccc(CNCCC(C)(C)OCCC(C)(C)NC)cc1. The number of benzene rings is 1. The molecule has 0 fully saturated rings. The van der Waals surface area contributed by atoms with Crippen molar-refractivity contribution in [3.63, 3.8) is 0 Å². The largest absolute Gasteiger partial charge is 0.494 e. The van der Waals surface area contributed by atoms with Gasteiger partial charge in [0.2, 0.25) is 0 Å². The fourth-order valence-electron chi connectivity index (χ4n) is 2.27. The Kier molecular flexibility index (Phi) is 12.6. The Bertz CT molecular complexity index is 456. The van der Waals surface area contributed by atoms with Gasteiger partial charge < -0.3 is 20.1 Å². The summed E-state index contributed by atoms with van der Waals surface area (Å²) in [5.41, 5.74) is 1.30. The monoisotopic (exact) mass is 366 g/mol. The molecule has 2 N–H and O–H groups in total. The van der Waals surface area contributed by atoms with Crippen molar-refractivity contribution in [1.82, 2.24) is 10.6 Å². The van der Waals surface area contributed by atoms with Gasteiger partial charge in [0.05, 0.1) is 12.2 Å². The van der Waals surface area contributed by atoms with Gasteiger partial charge in [0.25, 0.3) is 0 Å². The highest BCUT2D eigenvalue weighted by Crippen LogP contribution is 2.17. The third kappa shape index (κ3) is 11.5. The van der Waals surface area contributed by atoms with E-state index in [0.29, 0.717) is 6.61 Å². The van der Waals surface area contributed by atoms with Gasteiger partial charge in [-0.15, -0.1) is 0 Å². The molecule has 0 bridgehead atoms. The molecule has 0 heterocycles. The Morgan fingerprint density at radius 1 is 0.962 bits per heavy atom. The van der Waals surface area contributed by atoms with E-state index in [0.717, 1.165) is 38.3 Å².